The molecule has 0 spiro atoms. The van der Waals surface area contributed by atoms with Crippen molar-refractivity contribution in [1.82, 2.24) is 4.98 Å². The van der Waals surface area contributed by atoms with Crippen LogP contribution in [-0.2, 0) is 0 Å². The van der Waals surface area contributed by atoms with Gasteiger partial charge in [-0.1, -0.05) is 24.4 Å². The van der Waals surface area contributed by atoms with Crippen LogP contribution in [-0.4, -0.2) is 4.98 Å². The standard InChI is InChI=1S/C13H14ClNO/c1-8-6-11-12(7-10(8)14)16-13(15-11)9-4-2-3-5-9/h6-7,9H,2-5H2,1H3. The van der Waals surface area contributed by atoms with Crippen LogP contribution in [0.3, 0.4) is 0 Å². The predicted octanol–water partition coefficient (Wildman–Crippen LogP) is 4.45. The van der Waals surface area contributed by atoms with E-state index in [0.717, 1.165) is 27.6 Å². The first-order chi connectivity index (χ1) is 7.74. The van der Waals surface area contributed by atoms with Crippen LogP contribution >= 0.6 is 11.6 Å². The van der Waals surface area contributed by atoms with Gasteiger partial charge in [0.05, 0.1) is 0 Å². The van der Waals surface area contributed by atoms with Crippen molar-refractivity contribution < 1.29 is 4.42 Å². The maximum Gasteiger partial charge on any atom is 0.198 e. The van der Waals surface area contributed by atoms with Crippen LogP contribution in [0.4, 0.5) is 0 Å². The first-order valence-electron chi connectivity index (χ1n) is 5.80. The molecule has 1 aromatic heterocycles. The molecule has 3 heteroatoms. The van der Waals surface area contributed by atoms with E-state index < -0.39 is 0 Å². The minimum atomic E-state index is 0.520. The van der Waals surface area contributed by atoms with E-state index in [4.69, 9.17) is 16.0 Å². The molecule has 0 atom stereocenters. The second-order valence-corrected chi connectivity index (χ2v) is 5.01. The van der Waals surface area contributed by atoms with Gasteiger partial charge < -0.3 is 4.42 Å². The minimum Gasteiger partial charge on any atom is -0.440 e. The summed E-state index contributed by atoms with van der Waals surface area (Å²) in [5.74, 6) is 1.42. The minimum absolute atomic E-state index is 0.520. The molecule has 1 aliphatic rings. The van der Waals surface area contributed by atoms with Crippen molar-refractivity contribution in [2.75, 3.05) is 0 Å². The van der Waals surface area contributed by atoms with Crippen molar-refractivity contribution in [2.24, 2.45) is 0 Å². The molecule has 0 bridgehead atoms. The molecule has 16 heavy (non-hydrogen) atoms. The molecule has 1 heterocycles. The largest absolute Gasteiger partial charge is 0.440 e. The van der Waals surface area contributed by atoms with Crippen molar-refractivity contribution in [3.05, 3.63) is 28.6 Å². The fourth-order valence-corrected chi connectivity index (χ4v) is 2.57. The van der Waals surface area contributed by atoms with Gasteiger partial charge in [-0.25, -0.2) is 4.98 Å². The van der Waals surface area contributed by atoms with E-state index in [0.29, 0.717) is 5.92 Å². The average molecular weight is 236 g/mol. The van der Waals surface area contributed by atoms with Crippen molar-refractivity contribution in [3.63, 3.8) is 0 Å². The van der Waals surface area contributed by atoms with Crippen LogP contribution in [0.5, 0.6) is 0 Å². The second kappa shape index (κ2) is 3.77. The second-order valence-electron chi connectivity index (χ2n) is 4.60. The van der Waals surface area contributed by atoms with Gasteiger partial charge in [0.25, 0.3) is 0 Å². The number of hydrogen-bond donors (Lipinski definition) is 0. The smallest absolute Gasteiger partial charge is 0.198 e. The Hall–Kier alpha value is -1.02. The molecule has 0 amide bonds. The summed E-state index contributed by atoms with van der Waals surface area (Å²) in [7, 11) is 0. The van der Waals surface area contributed by atoms with Crippen LogP contribution < -0.4 is 0 Å². The summed E-state index contributed by atoms with van der Waals surface area (Å²) in [6, 6.07) is 3.87. The van der Waals surface area contributed by atoms with Gasteiger partial charge in [0.1, 0.15) is 5.52 Å². The number of aromatic nitrogens is 1. The molecule has 2 aromatic rings. The van der Waals surface area contributed by atoms with Crippen LogP contribution in [0.15, 0.2) is 16.5 Å². The van der Waals surface area contributed by atoms with Crippen LogP contribution in [0.25, 0.3) is 11.1 Å². The first kappa shape index (κ1) is 10.2. The fourth-order valence-electron chi connectivity index (χ4n) is 2.42. The summed E-state index contributed by atoms with van der Waals surface area (Å²) < 4.78 is 5.79. The topological polar surface area (TPSA) is 26.0 Å². The Labute approximate surface area is 99.6 Å². The Morgan fingerprint density at radius 2 is 2.06 bits per heavy atom. The Bertz CT molecular complexity index is 487. The van der Waals surface area contributed by atoms with Crippen molar-refractivity contribution in [2.45, 2.75) is 38.5 Å². The summed E-state index contributed by atoms with van der Waals surface area (Å²) in [5.41, 5.74) is 2.81. The zero-order valence-corrected chi connectivity index (χ0v) is 10.0. The number of benzene rings is 1. The highest BCUT2D eigenvalue weighted by molar-refractivity contribution is 6.32. The zero-order chi connectivity index (χ0) is 11.1. The quantitative estimate of drug-likeness (QED) is 0.730. The lowest BCUT2D eigenvalue weighted by molar-refractivity contribution is 0.474. The van der Waals surface area contributed by atoms with E-state index in [1.165, 1.54) is 25.7 Å². The highest BCUT2D eigenvalue weighted by Crippen LogP contribution is 2.35. The Kier molecular flexibility index (Phi) is 2.40. The number of nitrogens with zero attached hydrogens (tertiary/aromatic N) is 1. The van der Waals surface area contributed by atoms with Crippen molar-refractivity contribution in [3.8, 4) is 0 Å². The Morgan fingerprint density at radius 1 is 1.31 bits per heavy atom. The summed E-state index contributed by atoms with van der Waals surface area (Å²) in [4.78, 5) is 4.57. The SMILES string of the molecule is Cc1cc2nc(C3CCCC3)oc2cc1Cl. The molecule has 1 saturated carbocycles. The lowest BCUT2D eigenvalue weighted by Gasteiger charge is -2.00. The molecule has 0 aliphatic heterocycles. The maximum atomic E-state index is 6.07. The summed E-state index contributed by atoms with van der Waals surface area (Å²) in [5, 5.41) is 0.752. The number of hydrogen-bond acceptors (Lipinski definition) is 2. The molecule has 0 radical (unpaired) electrons. The molecular formula is C13H14ClNO. The third kappa shape index (κ3) is 1.61. The summed E-state index contributed by atoms with van der Waals surface area (Å²) in [6.07, 6.45) is 5.01. The first-order valence-corrected chi connectivity index (χ1v) is 6.18. The molecule has 0 unspecified atom stereocenters. The lowest BCUT2D eigenvalue weighted by Crippen LogP contribution is -1.90. The van der Waals surface area contributed by atoms with E-state index in [-0.39, 0.29) is 0 Å². The molecular weight excluding hydrogens is 222 g/mol. The third-order valence-electron chi connectivity index (χ3n) is 3.39. The highest BCUT2D eigenvalue weighted by Gasteiger charge is 2.22. The Morgan fingerprint density at radius 3 is 2.81 bits per heavy atom. The van der Waals surface area contributed by atoms with E-state index in [1.807, 2.05) is 19.1 Å². The highest BCUT2D eigenvalue weighted by atomic mass is 35.5. The lowest BCUT2D eigenvalue weighted by atomic mass is 10.1. The van der Waals surface area contributed by atoms with E-state index in [1.54, 1.807) is 0 Å². The van der Waals surface area contributed by atoms with Gasteiger partial charge in [-0.3, -0.25) is 0 Å². The molecule has 0 N–H and O–H groups in total. The number of halogens is 1. The molecule has 1 aliphatic carbocycles. The molecule has 1 fully saturated rings. The molecule has 2 nitrogen and oxygen atoms in total. The van der Waals surface area contributed by atoms with Gasteiger partial charge in [0.2, 0.25) is 0 Å². The van der Waals surface area contributed by atoms with E-state index in [9.17, 15) is 0 Å². The van der Waals surface area contributed by atoms with Gasteiger partial charge in [-0.05, 0) is 31.4 Å². The molecule has 1 aromatic carbocycles. The molecule has 0 saturated heterocycles. The Balaban J connectivity index is 2.08. The summed E-state index contributed by atoms with van der Waals surface area (Å²) >= 11 is 6.07. The number of aryl methyl sites for hydroxylation is 1. The van der Waals surface area contributed by atoms with Gasteiger partial charge in [-0.15, -0.1) is 0 Å². The predicted molar refractivity (Wildman–Crippen MR) is 65.0 cm³/mol. The van der Waals surface area contributed by atoms with Crippen LogP contribution in [0.1, 0.15) is 43.1 Å². The van der Waals surface area contributed by atoms with Crippen molar-refractivity contribution in [1.29, 1.82) is 0 Å². The normalized spacial score (nSPS) is 17.4. The molecule has 84 valence electrons. The molecule has 3 rings (SSSR count). The number of oxazole rings is 1. The summed E-state index contributed by atoms with van der Waals surface area (Å²) in [6.45, 7) is 1.99. The number of rotatable bonds is 1. The van der Waals surface area contributed by atoms with Gasteiger partial charge in [0.15, 0.2) is 11.5 Å². The zero-order valence-electron chi connectivity index (χ0n) is 9.29. The van der Waals surface area contributed by atoms with Crippen LogP contribution in [0, 0.1) is 6.92 Å². The number of fused-ring (bicyclic) bond motifs is 1. The van der Waals surface area contributed by atoms with E-state index in [2.05, 4.69) is 4.98 Å². The van der Waals surface area contributed by atoms with Gasteiger partial charge in [-0.2, -0.15) is 0 Å². The van der Waals surface area contributed by atoms with Crippen molar-refractivity contribution >= 4 is 22.7 Å². The maximum absolute atomic E-state index is 6.07. The van der Waals surface area contributed by atoms with Gasteiger partial charge >= 0.3 is 0 Å². The average Bonchev–Trinajstić information content (AvgIpc) is 2.86. The van der Waals surface area contributed by atoms with Gasteiger partial charge in [0, 0.05) is 17.0 Å². The van der Waals surface area contributed by atoms with Crippen LogP contribution in [0.2, 0.25) is 5.02 Å². The third-order valence-corrected chi connectivity index (χ3v) is 3.80. The van der Waals surface area contributed by atoms with E-state index >= 15 is 0 Å². The monoisotopic (exact) mass is 235 g/mol. The fraction of sp³-hybridized carbons (Fsp3) is 0.462.